The van der Waals surface area contributed by atoms with Gasteiger partial charge >= 0.3 is 0 Å². The zero-order valence-electron chi connectivity index (χ0n) is 10.9. The molecule has 0 amide bonds. The molecule has 1 saturated heterocycles. The average Bonchev–Trinajstić information content (AvgIpc) is 2.85. The summed E-state index contributed by atoms with van der Waals surface area (Å²) in [7, 11) is 0. The lowest BCUT2D eigenvalue weighted by Gasteiger charge is -2.14. The van der Waals surface area contributed by atoms with Crippen LogP contribution in [0.1, 0.15) is 49.3 Å². The number of aliphatic hydroxyl groups is 1. The van der Waals surface area contributed by atoms with E-state index in [9.17, 15) is 5.11 Å². The van der Waals surface area contributed by atoms with Crippen LogP contribution >= 0.6 is 15.9 Å². The summed E-state index contributed by atoms with van der Waals surface area (Å²) in [5.41, 5.74) is 2.20. The summed E-state index contributed by atoms with van der Waals surface area (Å²) in [6.07, 6.45) is 5.37. The molecule has 0 radical (unpaired) electrons. The summed E-state index contributed by atoms with van der Waals surface area (Å²) in [6, 6.07) is 6.08. The van der Waals surface area contributed by atoms with Crippen molar-refractivity contribution in [2.45, 2.75) is 51.2 Å². The SMILES string of the molecule is Cc1ccc(C(O)CCCC2CCCO2)cc1Br. The van der Waals surface area contributed by atoms with Crippen LogP contribution in [0.3, 0.4) is 0 Å². The zero-order chi connectivity index (χ0) is 13.0. The van der Waals surface area contributed by atoms with Crippen molar-refractivity contribution in [3.8, 4) is 0 Å². The molecule has 0 aliphatic carbocycles. The Balaban J connectivity index is 1.79. The first-order chi connectivity index (χ1) is 8.66. The third-order valence-corrected chi connectivity index (χ3v) is 4.46. The van der Waals surface area contributed by atoms with Gasteiger partial charge in [0.05, 0.1) is 12.2 Å². The Kier molecular flexibility index (Phi) is 5.22. The van der Waals surface area contributed by atoms with Crippen LogP contribution < -0.4 is 0 Å². The molecule has 1 aliphatic rings. The maximum absolute atomic E-state index is 10.1. The topological polar surface area (TPSA) is 29.5 Å². The highest BCUT2D eigenvalue weighted by Crippen LogP contribution is 2.26. The van der Waals surface area contributed by atoms with E-state index in [1.807, 2.05) is 18.2 Å². The Morgan fingerprint density at radius 3 is 3.00 bits per heavy atom. The number of hydrogen-bond donors (Lipinski definition) is 1. The predicted octanol–water partition coefficient (Wildman–Crippen LogP) is 4.14. The van der Waals surface area contributed by atoms with Crippen LogP contribution in [-0.4, -0.2) is 17.8 Å². The number of halogens is 1. The molecule has 0 spiro atoms. The van der Waals surface area contributed by atoms with Crippen LogP contribution in [0.2, 0.25) is 0 Å². The van der Waals surface area contributed by atoms with E-state index in [-0.39, 0.29) is 6.10 Å². The van der Waals surface area contributed by atoms with Crippen LogP contribution in [0.25, 0.3) is 0 Å². The van der Waals surface area contributed by atoms with Gasteiger partial charge < -0.3 is 9.84 Å². The monoisotopic (exact) mass is 312 g/mol. The molecule has 0 aromatic heterocycles. The fraction of sp³-hybridized carbons (Fsp3) is 0.600. The first-order valence-corrected chi connectivity index (χ1v) is 7.52. The minimum Gasteiger partial charge on any atom is -0.388 e. The van der Waals surface area contributed by atoms with Gasteiger partial charge in [0.15, 0.2) is 0 Å². The third kappa shape index (κ3) is 3.81. The summed E-state index contributed by atoms with van der Waals surface area (Å²) >= 11 is 3.51. The summed E-state index contributed by atoms with van der Waals surface area (Å²) in [5.74, 6) is 0. The Morgan fingerprint density at radius 1 is 1.50 bits per heavy atom. The van der Waals surface area contributed by atoms with Crippen LogP contribution in [0, 0.1) is 6.92 Å². The van der Waals surface area contributed by atoms with E-state index in [0.29, 0.717) is 6.10 Å². The standard InChI is InChI=1S/C15H21BrO2/c1-11-7-8-12(10-14(11)16)15(17)6-2-4-13-5-3-9-18-13/h7-8,10,13,15,17H,2-6,9H2,1H3. The smallest absolute Gasteiger partial charge is 0.0790 e. The Hall–Kier alpha value is -0.380. The van der Waals surface area contributed by atoms with E-state index in [2.05, 4.69) is 22.9 Å². The van der Waals surface area contributed by atoms with Gasteiger partial charge in [-0.3, -0.25) is 0 Å². The van der Waals surface area contributed by atoms with Gasteiger partial charge in [0, 0.05) is 11.1 Å². The van der Waals surface area contributed by atoms with Crippen molar-refractivity contribution < 1.29 is 9.84 Å². The number of aliphatic hydroxyl groups excluding tert-OH is 1. The van der Waals surface area contributed by atoms with Crippen molar-refractivity contribution in [3.05, 3.63) is 33.8 Å². The lowest BCUT2D eigenvalue weighted by molar-refractivity contribution is 0.0944. The number of ether oxygens (including phenoxy) is 1. The maximum atomic E-state index is 10.1. The second kappa shape index (κ2) is 6.69. The van der Waals surface area contributed by atoms with Gasteiger partial charge in [-0.25, -0.2) is 0 Å². The van der Waals surface area contributed by atoms with E-state index < -0.39 is 0 Å². The van der Waals surface area contributed by atoms with Crippen molar-refractivity contribution in [2.24, 2.45) is 0 Å². The van der Waals surface area contributed by atoms with Crippen LogP contribution in [-0.2, 0) is 4.74 Å². The Morgan fingerprint density at radius 2 is 2.33 bits per heavy atom. The molecule has 3 heteroatoms. The first kappa shape index (κ1) is 14.0. The Bertz CT molecular complexity index is 386. The van der Waals surface area contributed by atoms with E-state index in [0.717, 1.165) is 35.9 Å². The minimum absolute atomic E-state index is 0.358. The number of aryl methyl sites for hydroxylation is 1. The maximum Gasteiger partial charge on any atom is 0.0790 e. The highest BCUT2D eigenvalue weighted by molar-refractivity contribution is 9.10. The van der Waals surface area contributed by atoms with Gasteiger partial charge in [0.25, 0.3) is 0 Å². The predicted molar refractivity (Wildman–Crippen MR) is 76.7 cm³/mol. The van der Waals surface area contributed by atoms with Crippen LogP contribution in [0.5, 0.6) is 0 Å². The number of benzene rings is 1. The molecule has 2 atom stereocenters. The van der Waals surface area contributed by atoms with Gasteiger partial charge in [0.1, 0.15) is 0 Å². The zero-order valence-corrected chi connectivity index (χ0v) is 12.4. The molecule has 1 aromatic rings. The normalized spacial score (nSPS) is 21.2. The number of rotatable bonds is 5. The molecular formula is C15H21BrO2. The summed E-state index contributed by atoms with van der Waals surface area (Å²) in [6.45, 7) is 2.97. The molecule has 2 nitrogen and oxygen atoms in total. The fourth-order valence-electron chi connectivity index (χ4n) is 2.39. The fourth-order valence-corrected chi connectivity index (χ4v) is 2.79. The van der Waals surface area contributed by atoms with Crippen molar-refractivity contribution in [3.63, 3.8) is 0 Å². The van der Waals surface area contributed by atoms with Gasteiger partial charge in [-0.1, -0.05) is 28.1 Å². The molecule has 0 bridgehead atoms. The van der Waals surface area contributed by atoms with E-state index >= 15 is 0 Å². The third-order valence-electron chi connectivity index (χ3n) is 3.61. The number of hydrogen-bond acceptors (Lipinski definition) is 2. The molecule has 2 rings (SSSR count). The molecule has 100 valence electrons. The first-order valence-electron chi connectivity index (χ1n) is 6.72. The highest BCUT2D eigenvalue weighted by Gasteiger charge is 2.16. The molecule has 0 saturated carbocycles. The van der Waals surface area contributed by atoms with Crippen molar-refractivity contribution in [1.82, 2.24) is 0 Å². The second-order valence-corrected chi connectivity index (χ2v) is 5.94. The van der Waals surface area contributed by atoms with E-state index in [1.54, 1.807) is 0 Å². The largest absolute Gasteiger partial charge is 0.388 e. The average molecular weight is 313 g/mol. The lowest BCUT2D eigenvalue weighted by Crippen LogP contribution is -2.06. The van der Waals surface area contributed by atoms with Gasteiger partial charge in [0.2, 0.25) is 0 Å². The van der Waals surface area contributed by atoms with Crippen LogP contribution in [0.4, 0.5) is 0 Å². The quantitative estimate of drug-likeness (QED) is 0.885. The molecular weight excluding hydrogens is 292 g/mol. The molecule has 18 heavy (non-hydrogen) atoms. The summed E-state index contributed by atoms with van der Waals surface area (Å²) in [4.78, 5) is 0. The lowest BCUT2D eigenvalue weighted by atomic mass is 10.0. The second-order valence-electron chi connectivity index (χ2n) is 5.09. The molecule has 2 unspecified atom stereocenters. The van der Waals surface area contributed by atoms with E-state index in [4.69, 9.17) is 4.74 Å². The molecule has 1 heterocycles. The molecule has 1 N–H and O–H groups in total. The highest BCUT2D eigenvalue weighted by atomic mass is 79.9. The summed E-state index contributed by atoms with van der Waals surface area (Å²) in [5, 5.41) is 10.1. The molecule has 1 aliphatic heterocycles. The van der Waals surface area contributed by atoms with Crippen molar-refractivity contribution in [2.75, 3.05) is 6.61 Å². The van der Waals surface area contributed by atoms with E-state index in [1.165, 1.54) is 18.4 Å². The van der Waals surface area contributed by atoms with Crippen LogP contribution in [0.15, 0.2) is 22.7 Å². The van der Waals surface area contributed by atoms with Gasteiger partial charge in [-0.15, -0.1) is 0 Å². The molecule has 1 aromatic carbocycles. The Labute approximate surface area is 117 Å². The van der Waals surface area contributed by atoms with Gasteiger partial charge in [-0.2, -0.15) is 0 Å². The summed E-state index contributed by atoms with van der Waals surface area (Å²) < 4.78 is 6.65. The molecule has 1 fully saturated rings. The van der Waals surface area contributed by atoms with Crippen molar-refractivity contribution in [1.29, 1.82) is 0 Å². The van der Waals surface area contributed by atoms with Crippen molar-refractivity contribution >= 4 is 15.9 Å². The minimum atomic E-state index is -0.358. The van der Waals surface area contributed by atoms with Gasteiger partial charge in [-0.05, 0) is 56.2 Å².